The zero-order valence-electron chi connectivity index (χ0n) is 12.6. The van der Waals surface area contributed by atoms with Crippen LogP contribution in [0.3, 0.4) is 0 Å². The molecule has 0 aliphatic rings. The van der Waals surface area contributed by atoms with Gasteiger partial charge in [0.2, 0.25) is 5.91 Å². The first-order chi connectivity index (χ1) is 10.6. The van der Waals surface area contributed by atoms with Crippen molar-refractivity contribution in [3.05, 3.63) is 53.0 Å². The Hall–Kier alpha value is -2.01. The van der Waals surface area contributed by atoms with E-state index in [0.717, 1.165) is 21.6 Å². The van der Waals surface area contributed by atoms with Gasteiger partial charge in [-0.15, -0.1) is 0 Å². The van der Waals surface area contributed by atoms with Crippen LogP contribution in [0.25, 0.3) is 0 Å². The predicted octanol–water partition coefficient (Wildman–Crippen LogP) is 4.29. The van der Waals surface area contributed by atoms with Crippen LogP contribution in [-0.4, -0.2) is 18.6 Å². The highest BCUT2D eigenvalue weighted by atomic mass is 79.9. The summed E-state index contributed by atoms with van der Waals surface area (Å²) in [4.78, 5) is 12.2. The summed E-state index contributed by atoms with van der Waals surface area (Å²) in [5, 5.41) is 6.04. The standard InChI is InChI=1S/C17H19BrN2O2/c1-3-22-16-10-8-14(9-11-16)19-12(2)17(21)20-15-6-4-13(18)5-7-15/h4-12,19H,3H2,1-2H3,(H,20,21). The van der Waals surface area contributed by atoms with Gasteiger partial charge in [0.15, 0.2) is 0 Å². The van der Waals surface area contributed by atoms with Crippen molar-refractivity contribution < 1.29 is 9.53 Å². The summed E-state index contributed by atoms with van der Waals surface area (Å²) in [6.07, 6.45) is 0. The number of anilines is 2. The number of amides is 1. The van der Waals surface area contributed by atoms with Gasteiger partial charge in [0, 0.05) is 15.8 Å². The maximum Gasteiger partial charge on any atom is 0.246 e. The van der Waals surface area contributed by atoms with Crippen LogP contribution in [0.1, 0.15) is 13.8 Å². The molecular formula is C17H19BrN2O2. The molecule has 1 amide bonds. The third-order valence-corrected chi connectivity index (χ3v) is 3.58. The second kappa shape index (κ2) is 7.84. The summed E-state index contributed by atoms with van der Waals surface area (Å²) < 4.78 is 6.37. The molecule has 0 aromatic heterocycles. The lowest BCUT2D eigenvalue weighted by Gasteiger charge is -2.15. The van der Waals surface area contributed by atoms with E-state index in [4.69, 9.17) is 4.74 Å². The summed E-state index contributed by atoms with van der Waals surface area (Å²) in [6, 6.07) is 14.7. The third kappa shape index (κ3) is 4.77. The summed E-state index contributed by atoms with van der Waals surface area (Å²) in [6.45, 7) is 4.41. The van der Waals surface area contributed by atoms with Gasteiger partial charge in [-0.3, -0.25) is 4.79 Å². The average molecular weight is 363 g/mol. The highest BCUT2D eigenvalue weighted by Crippen LogP contribution is 2.17. The third-order valence-electron chi connectivity index (χ3n) is 3.05. The van der Waals surface area contributed by atoms with E-state index in [2.05, 4.69) is 26.6 Å². The van der Waals surface area contributed by atoms with E-state index >= 15 is 0 Å². The maximum atomic E-state index is 12.2. The number of benzene rings is 2. The van der Waals surface area contributed by atoms with Crippen molar-refractivity contribution in [3.63, 3.8) is 0 Å². The predicted molar refractivity (Wildman–Crippen MR) is 93.5 cm³/mol. The molecule has 0 aliphatic carbocycles. The van der Waals surface area contributed by atoms with Gasteiger partial charge in [-0.1, -0.05) is 15.9 Å². The molecule has 0 aliphatic heterocycles. The van der Waals surface area contributed by atoms with E-state index in [0.29, 0.717) is 6.61 Å². The molecule has 2 aromatic rings. The molecule has 0 fully saturated rings. The molecule has 0 spiro atoms. The molecule has 0 bridgehead atoms. The van der Waals surface area contributed by atoms with E-state index in [1.54, 1.807) is 0 Å². The van der Waals surface area contributed by atoms with Gasteiger partial charge >= 0.3 is 0 Å². The maximum absolute atomic E-state index is 12.2. The van der Waals surface area contributed by atoms with Gasteiger partial charge in [0.1, 0.15) is 11.8 Å². The minimum absolute atomic E-state index is 0.0868. The molecule has 0 saturated carbocycles. The Kier molecular flexibility index (Phi) is 5.83. The number of carbonyl (C=O) groups excluding carboxylic acids is 1. The van der Waals surface area contributed by atoms with Gasteiger partial charge in [-0.05, 0) is 62.4 Å². The molecule has 2 rings (SSSR count). The number of rotatable bonds is 6. The van der Waals surface area contributed by atoms with Crippen molar-refractivity contribution in [2.45, 2.75) is 19.9 Å². The Balaban J connectivity index is 1.91. The molecule has 0 radical (unpaired) electrons. The molecule has 116 valence electrons. The number of nitrogens with one attached hydrogen (secondary N) is 2. The van der Waals surface area contributed by atoms with Crippen LogP contribution in [0.15, 0.2) is 53.0 Å². The Morgan fingerprint density at radius 2 is 1.68 bits per heavy atom. The van der Waals surface area contributed by atoms with Crippen LogP contribution in [0.5, 0.6) is 5.75 Å². The molecule has 22 heavy (non-hydrogen) atoms. The molecule has 1 atom stereocenters. The fraction of sp³-hybridized carbons (Fsp3) is 0.235. The highest BCUT2D eigenvalue weighted by Gasteiger charge is 2.12. The first-order valence-electron chi connectivity index (χ1n) is 7.14. The molecule has 2 N–H and O–H groups in total. The Morgan fingerprint density at radius 3 is 2.27 bits per heavy atom. The molecule has 5 heteroatoms. The summed E-state index contributed by atoms with van der Waals surface area (Å²) >= 11 is 3.37. The minimum atomic E-state index is -0.346. The van der Waals surface area contributed by atoms with Crippen LogP contribution in [-0.2, 0) is 4.79 Å². The second-order valence-corrected chi connectivity index (χ2v) is 5.74. The van der Waals surface area contributed by atoms with Gasteiger partial charge in [-0.25, -0.2) is 0 Å². The Labute approximate surface area is 139 Å². The number of carbonyl (C=O) groups is 1. The number of ether oxygens (including phenoxy) is 1. The summed E-state index contributed by atoms with van der Waals surface area (Å²) in [7, 11) is 0. The Morgan fingerprint density at radius 1 is 1.09 bits per heavy atom. The molecule has 2 aromatic carbocycles. The Bertz CT molecular complexity index is 612. The fourth-order valence-corrected chi connectivity index (χ4v) is 2.18. The monoisotopic (exact) mass is 362 g/mol. The van der Waals surface area contributed by atoms with Gasteiger partial charge in [0.25, 0.3) is 0 Å². The molecule has 4 nitrogen and oxygen atoms in total. The lowest BCUT2D eigenvalue weighted by molar-refractivity contribution is -0.116. The average Bonchev–Trinajstić information content (AvgIpc) is 2.51. The number of hydrogen-bond donors (Lipinski definition) is 2. The van der Waals surface area contributed by atoms with E-state index in [9.17, 15) is 4.79 Å². The highest BCUT2D eigenvalue weighted by molar-refractivity contribution is 9.10. The van der Waals surface area contributed by atoms with Crippen molar-refractivity contribution in [3.8, 4) is 5.75 Å². The fourth-order valence-electron chi connectivity index (χ4n) is 1.91. The minimum Gasteiger partial charge on any atom is -0.494 e. The molecule has 1 unspecified atom stereocenters. The zero-order valence-corrected chi connectivity index (χ0v) is 14.2. The van der Waals surface area contributed by atoms with Gasteiger partial charge in [-0.2, -0.15) is 0 Å². The molecular weight excluding hydrogens is 344 g/mol. The first kappa shape index (κ1) is 16.4. The lowest BCUT2D eigenvalue weighted by atomic mass is 10.2. The molecule has 0 heterocycles. The smallest absolute Gasteiger partial charge is 0.246 e. The lowest BCUT2D eigenvalue weighted by Crippen LogP contribution is -2.31. The van der Waals surface area contributed by atoms with Crippen molar-refractivity contribution in [2.75, 3.05) is 17.2 Å². The SMILES string of the molecule is CCOc1ccc(NC(C)C(=O)Nc2ccc(Br)cc2)cc1. The first-order valence-corrected chi connectivity index (χ1v) is 7.93. The van der Waals surface area contributed by atoms with Crippen LogP contribution in [0, 0.1) is 0 Å². The topological polar surface area (TPSA) is 50.4 Å². The van der Waals surface area contributed by atoms with E-state index in [-0.39, 0.29) is 11.9 Å². The second-order valence-electron chi connectivity index (χ2n) is 4.82. The van der Waals surface area contributed by atoms with Crippen LogP contribution >= 0.6 is 15.9 Å². The zero-order chi connectivity index (χ0) is 15.9. The normalized spacial score (nSPS) is 11.6. The van der Waals surface area contributed by atoms with Crippen LogP contribution in [0.4, 0.5) is 11.4 Å². The summed E-state index contributed by atoms with van der Waals surface area (Å²) in [5.74, 6) is 0.733. The van der Waals surface area contributed by atoms with Gasteiger partial charge in [0.05, 0.1) is 6.61 Å². The van der Waals surface area contributed by atoms with E-state index < -0.39 is 0 Å². The van der Waals surface area contributed by atoms with E-state index in [1.807, 2.05) is 62.4 Å². The van der Waals surface area contributed by atoms with Crippen molar-refractivity contribution >= 4 is 33.2 Å². The van der Waals surface area contributed by atoms with Crippen LogP contribution in [0.2, 0.25) is 0 Å². The van der Waals surface area contributed by atoms with E-state index in [1.165, 1.54) is 0 Å². The van der Waals surface area contributed by atoms with Crippen molar-refractivity contribution in [2.24, 2.45) is 0 Å². The quantitative estimate of drug-likeness (QED) is 0.805. The van der Waals surface area contributed by atoms with Gasteiger partial charge < -0.3 is 15.4 Å². The van der Waals surface area contributed by atoms with Crippen LogP contribution < -0.4 is 15.4 Å². The number of halogens is 1. The van der Waals surface area contributed by atoms with Crippen molar-refractivity contribution in [1.82, 2.24) is 0 Å². The number of hydrogen-bond acceptors (Lipinski definition) is 3. The summed E-state index contributed by atoms with van der Waals surface area (Å²) in [5.41, 5.74) is 1.65. The largest absolute Gasteiger partial charge is 0.494 e. The molecule has 0 saturated heterocycles. The van der Waals surface area contributed by atoms with Crippen molar-refractivity contribution in [1.29, 1.82) is 0 Å².